The lowest BCUT2D eigenvalue weighted by Gasteiger charge is -2.10. The summed E-state index contributed by atoms with van der Waals surface area (Å²) >= 11 is 14.9. The van der Waals surface area contributed by atoms with E-state index in [1.54, 1.807) is 18.2 Å². The molecule has 30 heavy (non-hydrogen) atoms. The Bertz CT molecular complexity index is 1240. The van der Waals surface area contributed by atoms with Gasteiger partial charge in [0.15, 0.2) is 5.11 Å². The number of furan rings is 1. The predicted molar refractivity (Wildman–Crippen MR) is 128 cm³/mol. The summed E-state index contributed by atoms with van der Waals surface area (Å²) in [5.41, 5.74) is 1.49. The number of hydrogen-bond donors (Lipinski definition) is 2. The molecule has 0 saturated carbocycles. The fourth-order valence-electron chi connectivity index (χ4n) is 3.09. The maximum Gasteiger partial charge on any atom is 0.258 e. The van der Waals surface area contributed by atoms with Gasteiger partial charge in [-0.25, -0.2) is 0 Å². The van der Waals surface area contributed by atoms with E-state index in [1.807, 2.05) is 54.6 Å². The fourth-order valence-corrected chi connectivity index (χ4v) is 3.76. The number of hydrogen-bond acceptors (Lipinski definition) is 3. The van der Waals surface area contributed by atoms with Crippen LogP contribution in [0.15, 0.2) is 81.7 Å². The molecule has 4 aromatic rings. The molecule has 0 bridgehead atoms. The minimum absolute atomic E-state index is 0.223. The Morgan fingerprint density at radius 3 is 2.50 bits per heavy atom. The Morgan fingerprint density at radius 2 is 1.70 bits per heavy atom. The van der Waals surface area contributed by atoms with Gasteiger partial charge in [-0.1, -0.05) is 63.9 Å². The second-order valence-electron chi connectivity index (χ2n) is 6.55. The summed E-state index contributed by atoms with van der Waals surface area (Å²) in [5, 5.41) is 8.14. The third kappa shape index (κ3) is 4.56. The standard InChI is InChI=1S/C23H16BrClN2O2S/c24-15-9-7-14(8-10-15)21-12-11-16(29-21)13-26-23(30)27-22(28)19-5-1-4-18-17(19)3-2-6-20(18)25/h1-12H,13H2,(H2,26,27,28,30). The van der Waals surface area contributed by atoms with E-state index in [-0.39, 0.29) is 11.0 Å². The third-order valence-corrected chi connectivity index (χ3v) is 5.66. The normalized spacial score (nSPS) is 10.7. The smallest absolute Gasteiger partial charge is 0.258 e. The highest BCUT2D eigenvalue weighted by Crippen LogP contribution is 2.26. The molecule has 0 atom stereocenters. The van der Waals surface area contributed by atoms with E-state index < -0.39 is 0 Å². The van der Waals surface area contributed by atoms with E-state index >= 15 is 0 Å². The van der Waals surface area contributed by atoms with Crippen molar-refractivity contribution in [3.63, 3.8) is 0 Å². The molecular weight excluding hydrogens is 484 g/mol. The minimum Gasteiger partial charge on any atom is -0.459 e. The molecule has 0 aliphatic rings. The summed E-state index contributed by atoms with van der Waals surface area (Å²) < 4.78 is 6.86. The van der Waals surface area contributed by atoms with Crippen LogP contribution in [0.2, 0.25) is 5.02 Å². The van der Waals surface area contributed by atoms with Crippen LogP contribution < -0.4 is 10.6 Å². The van der Waals surface area contributed by atoms with Crippen molar-refractivity contribution in [1.82, 2.24) is 10.6 Å². The van der Waals surface area contributed by atoms with Gasteiger partial charge in [-0.3, -0.25) is 10.1 Å². The molecule has 150 valence electrons. The van der Waals surface area contributed by atoms with Crippen LogP contribution >= 0.6 is 39.7 Å². The summed E-state index contributed by atoms with van der Waals surface area (Å²) in [6, 6.07) is 22.5. The Labute approximate surface area is 192 Å². The molecule has 0 unspecified atom stereocenters. The van der Waals surface area contributed by atoms with Gasteiger partial charge in [0, 0.05) is 26.0 Å². The average Bonchev–Trinajstić information content (AvgIpc) is 3.22. The van der Waals surface area contributed by atoms with Crippen LogP contribution in [-0.4, -0.2) is 11.0 Å². The van der Waals surface area contributed by atoms with Crippen LogP contribution in [0.25, 0.3) is 22.1 Å². The first-order chi connectivity index (χ1) is 14.5. The van der Waals surface area contributed by atoms with Crippen LogP contribution in [0.3, 0.4) is 0 Å². The largest absolute Gasteiger partial charge is 0.459 e. The van der Waals surface area contributed by atoms with E-state index in [0.717, 1.165) is 26.6 Å². The molecule has 3 aromatic carbocycles. The van der Waals surface area contributed by atoms with Crippen molar-refractivity contribution in [3.8, 4) is 11.3 Å². The van der Waals surface area contributed by atoms with Crippen molar-refractivity contribution in [3.05, 3.63) is 93.6 Å². The van der Waals surface area contributed by atoms with E-state index in [4.69, 9.17) is 28.2 Å². The zero-order valence-corrected chi connectivity index (χ0v) is 18.8. The summed E-state index contributed by atoms with van der Waals surface area (Å²) in [6.45, 7) is 0.358. The molecule has 1 heterocycles. The number of nitrogens with one attached hydrogen (secondary N) is 2. The Kier molecular flexibility index (Phi) is 6.18. The molecule has 7 heteroatoms. The summed E-state index contributed by atoms with van der Waals surface area (Å²) in [5.74, 6) is 1.18. The second kappa shape index (κ2) is 9.00. The summed E-state index contributed by atoms with van der Waals surface area (Å²) in [4.78, 5) is 12.7. The summed E-state index contributed by atoms with van der Waals surface area (Å²) in [7, 11) is 0. The predicted octanol–water partition coefficient (Wildman–Crippen LogP) is 6.32. The first kappa shape index (κ1) is 20.6. The number of amides is 1. The van der Waals surface area contributed by atoms with Crippen molar-refractivity contribution in [2.24, 2.45) is 0 Å². The highest BCUT2D eigenvalue weighted by Gasteiger charge is 2.13. The highest BCUT2D eigenvalue weighted by molar-refractivity contribution is 9.10. The molecule has 0 spiro atoms. The van der Waals surface area contributed by atoms with Gasteiger partial charge in [0.25, 0.3) is 5.91 Å². The minimum atomic E-state index is -0.296. The molecular formula is C23H16BrClN2O2S. The number of thiocarbonyl (C=S) groups is 1. The first-order valence-electron chi connectivity index (χ1n) is 9.12. The Hall–Kier alpha value is -2.67. The fraction of sp³-hybridized carbons (Fsp3) is 0.0435. The monoisotopic (exact) mass is 498 g/mol. The molecule has 1 aromatic heterocycles. The van der Waals surface area contributed by atoms with E-state index in [1.165, 1.54) is 0 Å². The van der Waals surface area contributed by atoms with Gasteiger partial charge in [-0.15, -0.1) is 0 Å². The van der Waals surface area contributed by atoms with Gasteiger partial charge in [-0.2, -0.15) is 0 Å². The van der Waals surface area contributed by atoms with Crippen molar-refractivity contribution in [2.45, 2.75) is 6.54 Å². The molecule has 1 amide bonds. The average molecular weight is 500 g/mol. The van der Waals surface area contributed by atoms with Crippen LogP contribution in [0.4, 0.5) is 0 Å². The lowest BCUT2D eigenvalue weighted by molar-refractivity contribution is 0.0978. The van der Waals surface area contributed by atoms with Crippen molar-refractivity contribution in [1.29, 1.82) is 0 Å². The van der Waals surface area contributed by atoms with Gasteiger partial charge >= 0.3 is 0 Å². The Balaban J connectivity index is 1.39. The van der Waals surface area contributed by atoms with Crippen molar-refractivity contribution in [2.75, 3.05) is 0 Å². The molecule has 4 rings (SSSR count). The Morgan fingerprint density at radius 1 is 0.967 bits per heavy atom. The number of rotatable bonds is 4. The third-order valence-electron chi connectivity index (χ3n) is 4.55. The number of halogens is 2. The zero-order chi connectivity index (χ0) is 21.1. The van der Waals surface area contributed by atoms with E-state index in [2.05, 4.69) is 26.6 Å². The zero-order valence-electron chi connectivity index (χ0n) is 15.6. The van der Waals surface area contributed by atoms with Crippen LogP contribution in [-0.2, 0) is 6.54 Å². The molecule has 0 fully saturated rings. The highest BCUT2D eigenvalue weighted by atomic mass is 79.9. The topological polar surface area (TPSA) is 54.3 Å². The second-order valence-corrected chi connectivity index (χ2v) is 8.28. The molecule has 4 nitrogen and oxygen atoms in total. The maximum absolute atomic E-state index is 12.7. The van der Waals surface area contributed by atoms with Crippen LogP contribution in [0.1, 0.15) is 16.1 Å². The van der Waals surface area contributed by atoms with Crippen molar-refractivity contribution >= 4 is 61.5 Å². The molecule has 0 saturated heterocycles. The molecule has 2 N–H and O–H groups in total. The first-order valence-corrected chi connectivity index (χ1v) is 10.7. The summed E-state index contributed by atoms with van der Waals surface area (Å²) in [6.07, 6.45) is 0. The molecule has 0 aliphatic carbocycles. The van der Waals surface area contributed by atoms with Crippen LogP contribution in [0, 0.1) is 0 Å². The SMILES string of the molecule is O=C(NC(=S)NCc1ccc(-c2ccc(Br)cc2)o1)c1cccc2c(Cl)cccc12. The van der Waals surface area contributed by atoms with Gasteiger partial charge in [0.2, 0.25) is 0 Å². The van der Waals surface area contributed by atoms with E-state index in [9.17, 15) is 4.79 Å². The molecule has 0 aliphatic heterocycles. The quantitative estimate of drug-likeness (QED) is 0.323. The maximum atomic E-state index is 12.7. The molecule has 0 radical (unpaired) electrons. The van der Waals surface area contributed by atoms with Gasteiger partial charge in [0.1, 0.15) is 11.5 Å². The number of benzene rings is 3. The van der Waals surface area contributed by atoms with Crippen LogP contribution in [0.5, 0.6) is 0 Å². The lowest BCUT2D eigenvalue weighted by Crippen LogP contribution is -2.38. The number of fused-ring (bicyclic) bond motifs is 1. The van der Waals surface area contributed by atoms with E-state index in [0.29, 0.717) is 22.9 Å². The van der Waals surface area contributed by atoms with Gasteiger partial charge in [-0.05, 0) is 54.0 Å². The van der Waals surface area contributed by atoms with Gasteiger partial charge in [0.05, 0.1) is 6.54 Å². The lowest BCUT2D eigenvalue weighted by atomic mass is 10.0. The number of carbonyl (C=O) groups excluding carboxylic acids is 1. The van der Waals surface area contributed by atoms with Crippen molar-refractivity contribution < 1.29 is 9.21 Å². The van der Waals surface area contributed by atoms with Gasteiger partial charge < -0.3 is 9.73 Å². The number of carbonyl (C=O) groups is 1.